The van der Waals surface area contributed by atoms with Crippen LogP contribution in [0.2, 0.25) is 0 Å². The van der Waals surface area contributed by atoms with Gasteiger partial charge in [-0.3, -0.25) is 4.79 Å². The van der Waals surface area contributed by atoms with Crippen LogP contribution in [0.4, 0.5) is 5.69 Å². The quantitative estimate of drug-likeness (QED) is 0.509. The molecule has 0 aromatic heterocycles. The minimum Gasteiger partial charge on any atom is -0.398 e. The van der Waals surface area contributed by atoms with Gasteiger partial charge in [0.1, 0.15) is 0 Å². The zero-order chi connectivity index (χ0) is 14.0. The second-order valence-corrected chi connectivity index (χ2v) is 5.10. The first kappa shape index (κ1) is 13.7. The average Bonchev–Trinajstić information content (AvgIpc) is 2.41. The maximum absolute atomic E-state index is 12.4. The van der Waals surface area contributed by atoms with Crippen LogP contribution < -0.4 is 11.0 Å². The van der Waals surface area contributed by atoms with Gasteiger partial charge in [0.25, 0.3) is 0 Å². The summed E-state index contributed by atoms with van der Waals surface area (Å²) >= 11 is 0. The van der Waals surface area contributed by atoms with E-state index in [1.807, 2.05) is 19.1 Å². The molecule has 3 nitrogen and oxygen atoms in total. The number of aliphatic hydroxyl groups is 1. The Labute approximate surface area is 114 Å². The van der Waals surface area contributed by atoms with E-state index in [4.69, 9.17) is 10.8 Å². The van der Waals surface area contributed by atoms with Crippen molar-refractivity contribution in [3.63, 3.8) is 0 Å². The molecule has 2 aromatic rings. The van der Waals surface area contributed by atoms with Gasteiger partial charge in [-0.05, 0) is 29.4 Å². The van der Waals surface area contributed by atoms with Gasteiger partial charge >= 0.3 is 0 Å². The summed E-state index contributed by atoms with van der Waals surface area (Å²) in [6.07, 6.45) is 0. The topological polar surface area (TPSA) is 63.3 Å². The van der Waals surface area contributed by atoms with E-state index in [1.165, 1.54) is 0 Å². The Morgan fingerprint density at radius 1 is 1.26 bits per heavy atom. The number of carbonyl (C=O) groups excluding carboxylic acids is 1. The van der Waals surface area contributed by atoms with Crippen LogP contribution >= 0.6 is 9.24 Å². The Balaban J connectivity index is 2.41. The summed E-state index contributed by atoms with van der Waals surface area (Å²) in [5.41, 5.74) is 9.25. The number of hydrogen-bond acceptors (Lipinski definition) is 3. The molecule has 1 unspecified atom stereocenters. The fourth-order valence-electron chi connectivity index (χ4n) is 1.95. The number of ketones is 1. The van der Waals surface area contributed by atoms with Crippen molar-refractivity contribution < 1.29 is 9.90 Å². The molecule has 0 aliphatic rings. The van der Waals surface area contributed by atoms with Crippen molar-refractivity contribution in [3.8, 4) is 0 Å². The molecule has 1 atom stereocenters. The molecule has 2 rings (SSSR count). The largest absolute Gasteiger partial charge is 0.398 e. The third-order valence-electron chi connectivity index (χ3n) is 3.07. The number of hydrogen-bond donors (Lipinski definition) is 2. The fraction of sp³-hybridized carbons (Fsp3) is 0.133. The van der Waals surface area contributed by atoms with E-state index in [-0.39, 0.29) is 12.4 Å². The maximum Gasteiger partial charge on any atom is 0.193 e. The summed E-state index contributed by atoms with van der Waals surface area (Å²) in [5, 5.41) is 9.95. The van der Waals surface area contributed by atoms with Crippen molar-refractivity contribution in [3.05, 3.63) is 58.7 Å². The number of carbonyl (C=O) groups is 1. The molecule has 4 heteroatoms. The van der Waals surface area contributed by atoms with Gasteiger partial charge in [0.15, 0.2) is 5.78 Å². The Morgan fingerprint density at radius 3 is 2.58 bits per heavy atom. The number of benzene rings is 2. The van der Waals surface area contributed by atoms with Crippen molar-refractivity contribution in [2.75, 3.05) is 5.73 Å². The van der Waals surface area contributed by atoms with E-state index < -0.39 is 0 Å². The highest BCUT2D eigenvalue weighted by atomic mass is 31.0. The summed E-state index contributed by atoms with van der Waals surface area (Å²) in [5.74, 6) is -0.0568. The molecule has 0 aliphatic carbocycles. The molecule has 0 bridgehead atoms. The summed E-state index contributed by atoms with van der Waals surface area (Å²) in [6, 6.07) is 10.6. The predicted octanol–water partition coefficient (Wildman–Crippen LogP) is 1.80. The third kappa shape index (κ3) is 2.83. The number of anilines is 1. The van der Waals surface area contributed by atoms with E-state index in [9.17, 15) is 4.79 Å². The van der Waals surface area contributed by atoms with Crippen molar-refractivity contribution in [2.24, 2.45) is 0 Å². The molecule has 0 heterocycles. The fourth-order valence-corrected chi connectivity index (χ4v) is 2.13. The zero-order valence-corrected chi connectivity index (χ0v) is 11.8. The monoisotopic (exact) mass is 273 g/mol. The van der Waals surface area contributed by atoms with Crippen molar-refractivity contribution in [1.82, 2.24) is 0 Å². The normalized spacial score (nSPS) is 10.5. The third-order valence-corrected chi connectivity index (χ3v) is 3.59. The molecule has 0 saturated heterocycles. The molecule has 0 fully saturated rings. The van der Waals surface area contributed by atoms with Crippen LogP contribution in [0.15, 0.2) is 36.4 Å². The van der Waals surface area contributed by atoms with Gasteiger partial charge in [-0.2, -0.15) is 0 Å². The maximum atomic E-state index is 12.4. The van der Waals surface area contributed by atoms with Crippen LogP contribution in [0.25, 0.3) is 0 Å². The van der Waals surface area contributed by atoms with Crippen LogP contribution in [0.3, 0.4) is 0 Å². The lowest BCUT2D eigenvalue weighted by molar-refractivity contribution is 0.103. The van der Waals surface area contributed by atoms with Crippen LogP contribution in [-0.4, -0.2) is 10.9 Å². The lowest BCUT2D eigenvalue weighted by Gasteiger charge is -2.08. The van der Waals surface area contributed by atoms with E-state index in [0.29, 0.717) is 16.8 Å². The van der Waals surface area contributed by atoms with E-state index in [2.05, 4.69) is 9.24 Å². The second-order valence-electron chi connectivity index (χ2n) is 4.48. The van der Waals surface area contributed by atoms with Crippen LogP contribution in [-0.2, 0) is 6.61 Å². The lowest BCUT2D eigenvalue weighted by atomic mass is 9.97. The molecule has 2 aromatic carbocycles. The highest BCUT2D eigenvalue weighted by Gasteiger charge is 2.12. The molecular weight excluding hydrogens is 257 g/mol. The second kappa shape index (κ2) is 5.52. The molecule has 0 amide bonds. The highest BCUT2D eigenvalue weighted by Crippen LogP contribution is 2.17. The van der Waals surface area contributed by atoms with Gasteiger partial charge in [-0.15, -0.1) is 9.24 Å². The lowest BCUT2D eigenvalue weighted by Crippen LogP contribution is -2.08. The molecule has 0 saturated carbocycles. The summed E-state index contributed by atoms with van der Waals surface area (Å²) < 4.78 is 0. The van der Waals surface area contributed by atoms with E-state index in [0.717, 1.165) is 16.4 Å². The Hall–Kier alpha value is -1.70. The Morgan fingerprint density at radius 2 is 2.00 bits per heavy atom. The van der Waals surface area contributed by atoms with Gasteiger partial charge in [0, 0.05) is 16.8 Å². The first-order valence-corrected chi connectivity index (χ1v) is 6.50. The summed E-state index contributed by atoms with van der Waals surface area (Å²) in [7, 11) is 2.53. The van der Waals surface area contributed by atoms with E-state index in [1.54, 1.807) is 24.3 Å². The molecule has 0 radical (unpaired) electrons. The minimum atomic E-state index is -0.0568. The smallest absolute Gasteiger partial charge is 0.193 e. The summed E-state index contributed by atoms with van der Waals surface area (Å²) in [4.78, 5) is 12.4. The van der Waals surface area contributed by atoms with Gasteiger partial charge in [-0.25, -0.2) is 0 Å². The molecule has 98 valence electrons. The molecular formula is C15H16NO2P. The number of nitrogens with two attached hydrogens (primary N) is 1. The van der Waals surface area contributed by atoms with Crippen molar-refractivity contribution >= 4 is 26.0 Å². The molecule has 3 N–H and O–H groups in total. The molecule has 0 aliphatic heterocycles. The first-order chi connectivity index (χ1) is 9.02. The van der Waals surface area contributed by atoms with Crippen LogP contribution in [0.1, 0.15) is 27.0 Å². The van der Waals surface area contributed by atoms with Crippen molar-refractivity contribution in [2.45, 2.75) is 13.5 Å². The SMILES string of the molecule is Cc1cc(CO)ccc1C(=O)c1ccc(P)c(N)c1. The van der Waals surface area contributed by atoms with Gasteiger partial charge in [-0.1, -0.05) is 30.3 Å². The Bertz CT molecular complexity index is 638. The van der Waals surface area contributed by atoms with Crippen LogP contribution in [0, 0.1) is 6.92 Å². The molecule has 0 spiro atoms. The number of rotatable bonds is 3. The number of nitrogen functional groups attached to an aromatic ring is 1. The van der Waals surface area contributed by atoms with Crippen molar-refractivity contribution in [1.29, 1.82) is 0 Å². The Kier molecular flexibility index (Phi) is 3.98. The predicted molar refractivity (Wildman–Crippen MR) is 80.7 cm³/mol. The highest BCUT2D eigenvalue weighted by molar-refractivity contribution is 7.28. The van der Waals surface area contributed by atoms with Gasteiger partial charge in [0.2, 0.25) is 0 Å². The van der Waals surface area contributed by atoms with Gasteiger partial charge < -0.3 is 10.8 Å². The van der Waals surface area contributed by atoms with E-state index >= 15 is 0 Å². The molecule has 19 heavy (non-hydrogen) atoms. The first-order valence-electron chi connectivity index (χ1n) is 5.93. The minimum absolute atomic E-state index is 0.0238. The average molecular weight is 273 g/mol. The number of aryl methyl sites for hydroxylation is 1. The number of aliphatic hydroxyl groups excluding tert-OH is 1. The van der Waals surface area contributed by atoms with Gasteiger partial charge in [0.05, 0.1) is 6.61 Å². The van der Waals surface area contributed by atoms with Crippen LogP contribution in [0.5, 0.6) is 0 Å². The summed E-state index contributed by atoms with van der Waals surface area (Å²) in [6.45, 7) is 1.84. The zero-order valence-electron chi connectivity index (χ0n) is 10.7. The standard InChI is InChI=1S/C15H16NO2P/c1-9-6-10(8-17)2-4-12(9)15(18)11-3-5-14(19)13(16)7-11/h2-7,17H,8,16,19H2,1H3.